The van der Waals surface area contributed by atoms with E-state index in [2.05, 4.69) is 0 Å². The SMILES string of the molecule is CCCN1CC=C[C@@H]2O[C@]34C=CCN(c5ccccc5Cl)C(=O)C3N([C@@H](CO)Cc3ccccc3)C(=O)[C@@H]4[C@@H]2C1=O. The van der Waals surface area contributed by atoms with Crippen LogP contribution in [0.5, 0.6) is 0 Å². The summed E-state index contributed by atoms with van der Waals surface area (Å²) in [5.74, 6) is -2.54. The van der Waals surface area contributed by atoms with Crippen LogP contribution in [-0.2, 0) is 25.5 Å². The number of aliphatic hydroxyl groups excluding tert-OH is 1. The largest absolute Gasteiger partial charge is 0.394 e. The number of hydrogen-bond acceptors (Lipinski definition) is 5. The van der Waals surface area contributed by atoms with Gasteiger partial charge in [-0.3, -0.25) is 14.4 Å². The third-order valence-electron chi connectivity index (χ3n) is 8.74. The highest BCUT2D eigenvalue weighted by Gasteiger charge is 2.72. The number of amides is 3. The Morgan fingerprint density at radius 2 is 1.76 bits per heavy atom. The van der Waals surface area contributed by atoms with Crippen LogP contribution in [-0.4, -0.2) is 82.7 Å². The number of likely N-dealkylation sites (tertiary alicyclic amines) is 1. The number of ether oxygens (including phenoxy) is 1. The summed E-state index contributed by atoms with van der Waals surface area (Å²) < 4.78 is 6.72. The first kappa shape index (κ1) is 27.7. The molecule has 4 heterocycles. The molecule has 2 aromatic rings. The minimum absolute atomic E-state index is 0.144. The Bertz CT molecular complexity index is 1400. The van der Waals surface area contributed by atoms with E-state index in [0.29, 0.717) is 30.2 Å². The molecule has 9 heteroatoms. The Morgan fingerprint density at radius 1 is 1.00 bits per heavy atom. The molecule has 0 aliphatic carbocycles. The van der Waals surface area contributed by atoms with Crippen LogP contribution < -0.4 is 4.90 Å². The van der Waals surface area contributed by atoms with E-state index in [-0.39, 0.29) is 30.9 Å². The molecule has 214 valence electrons. The van der Waals surface area contributed by atoms with Gasteiger partial charge in [0.05, 0.1) is 41.3 Å². The van der Waals surface area contributed by atoms with Crippen LogP contribution in [0.4, 0.5) is 5.69 Å². The lowest BCUT2D eigenvalue weighted by Crippen LogP contribution is -2.58. The van der Waals surface area contributed by atoms with Gasteiger partial charge in [0, 0.05) is 19.6 Å². The van der Waals surface area contributed by atoms with Crippen LogP contribution >= 0.6 is 11.6 Å². The van der Waals surface area contributed by atoms with Crippen molar-refractivity contribution in [1.82, 2.24) is 9.80 Å². The van der Waals surface area contributed by atoms with Crippen molar-refractivity contribution in [2.24, 2.45) is 11.8 Å². The maximum absolute atomic E-state index is 14.6. The van der Waals surface area contributed by atoms with Crippen LogP contribution in [0.25, 0.3) is 0 Å². The zero-order chi connectivity index (χ0) is 28.7. The molecule has 3 amide bonds. The zero-order valence-electron chi connectivity index (χ0n) is 22.9. The number of nitrogens with zero attached hydrogens (tertiary/aromatic N) is 3. The minimum atomic E-state index is -1.38. The summed E-state index contributed by atoms with van der Waals surface area (Å²) in [4.78, 5) is 48.0. The van der Waals surface area contributed by atoms with E-state index in [9.17, 15) is 19.5 Å². The minimum Gasteiger partial charge on any atom is -0.394 e. The standard InChI is InChI=1S/C32H34ClN3O5/c1-2-16-34-17-8-14-25-26(29(34)38)27-30(39)36(22(20-37)19-21-10-4-3-5-11-21)28-31(40)35(18-9-15-32(27,28)41-25)24-13-7-6-12-23(24)33/h3-15,22,25-28,37H,2,16-20H2,1H3/t22-,25+,26-,27+,28?,32+/m1/s1. The molecule has 1 unspecified atom stereocenters. The average Bonchev–Trinajstić information content (AvgIpc) is 3.30. The monoisotopic (exact) mass is 575 g/mol. The lowest BCUT2D eigenvalue weighted by molar-refractivity contribution is -0.146. The molecule has 0 radical (unpaired) electrons. The number of anilines is 1. The molecular formula is C32H34ClN3O5. The predicted molar refractivity (Wildman–Crippen MR) is 155 cm³/mol. The van der Waals surface area contributed by atoms with Crippen molar-refractivity contribution in [1.29, 1.82) is 0 Å². The lowest BCUT2D eigenvalue weighted by atomic mass is 9.77. The number of benzene rings is 2. The van der Waals surface area contributed by atoms with Gasteiger partial charge in [0.2, 0.25) is 11.8 Å². The van der Waals surface area contributed by atoms with Gasteiger partial charge in [0.25, 0.3) is 5.91 Å². The van der Waals surface area contributed by atoms with Crippen molar-refractivity contribution in [3.63, 3.8) is 0 Å². The highest BCUT2D eigenvalue weighted by atomic mass is 35.5. The van der Waals surface area contributed by atoms with Crippen LogP contribution in [0.3, 0.4) is 0 Å². The second kappa shape index (κ2) is 11.1. The lowest BCUT2D eigenvalue weighted by Gasteiger charge is -2.38. The molecule has 2 saturated heterocycles. The molecule has 6 rings (SSSR count). The molecular weight excluding hydrogens is 542 g/mol. The van der Waals surface area contributed by atoms with Crippen molar-refractivity contribution >= 4 is 35.0 Å². The van der Waals surface area contributed by atoms with Crippen LogP contribution in [0.15, 0.2) is 78.9 Å². The van der Waals surface area contributed by atoms with Gasteiger partial charge in [-0.1, -0.05) is 85.3 Å². The van der Waals surface area contributed by atoms with Gasteiger partial charge in [0.1, 0.15) is 11.6 Å². The van der Waals surface area contributed by atoms with E-state index in [4.69, 9.17) is 16.3 Å². The molecule has 0 aromatic heterocycles. The van der Waals surface area contributed by atoms with E-state index in [1.165, 1.54) is 4.90 Å². The van der Waals surface area contributed by atoms with Crippen molar-refractivity contribution in [3.8, 4) is 0 Å². The topological polar surface area (TPSA) is 90.4 Å². The van der Waals surface area contributed by atoms with Gasteiger partial charge in [0.15, 0.2) is 0 Å². The van der Waals surface area contributed by atoms with E-state index in [1.54, 1.807) is 34.1 Å². The number of rotatable bonds is 7. The Kier molecular flexibility index (Phi) is 7.49. The van der Waals surface area contributed by atoms with E-state index >= 15 is 0 Å². The second-order valence-corrected chi connectivity index (χ2v) is 11.5. The maximum atomic E-state index is 14.6. The summed E-state index contributed by atoms with van der Waals surface area (Å²) in [5, 5.41) is 11.1. The van der Waals surface area contributed by atoms with Crippen LogP contribution in [0.2, 0.25) is 5.02 Å². The van der Waals surface area contributed by atoms with Gasteiger partial charge >= 0.3 is 0 Å². The van der Waals surface area contributed by atoms with E-state index in [1.807, 2.05) is 61.6 Å². The fourth-order valence-electron chi connectivity index (χ4n) is 7.02. The van der Waals surface area contributed by atoms with Gasteiger partial charge in [-0.15, -0.1) is 0 Å². The van der Waals surface area contributed by atoms with Crippen molar-refractivity contribution in [3.05, 3.63) is 89.5 Å². The Hall–Kier alpha value is -3.46. The molecule has 1 N–H and O–H groups in total. The highest BCUT2D eigenvalue weighted by Crippen LogP contribution is 2.54. The number of carbonyl (C=O) groups is 3. The summed E-state index contributed by atoms with van der Waals surface area (Å²) in [6.45, 7) is 2.90. The zero-order valence-corrected chi connectivity index (χ0v) is 23.7. The summed E-state index contributed by atoms with van der Waals surface area (Å²) in [6.07, 6.45) is 7.90. The first-order valence-corrected chi connectivity index (χ1v) is 14.6. The van der Waals surface area contributed by atoms with Crippen LogP contribution in [0.1, 0.15) is 18.9 Å². The third-order valence-corrected chi connectivity index (χ3v) is 9.05. The fourth-order valence-corrected chi connectivity index (χ4v) is 7.25. The number of para-hydroxylation sites is 1. The quantitative estimate of drug-likeness (QED) is 0.512. The highest BCUT2D eigenvalue weighted by molar-refractivity contribution is 6.34. The molecule has 2 fully saturated rings. The Balaban J connectivity index is 1.48. The molecule has 8 nitrogen and oxygen atoms in total. The normalized spacial score (nSPS) is 29.7. The number of carbonyl (C=O) groups excluding carboxylic acids is 3. The molecule has 4 aliphatic heterocycles. The van der Waals surface area contributed by atoms with Crippen molar-refractivity contribution in [2.45, 2.75) is 43.6 Å². The molecule has 2 aromatic carbocycles. The molecule has 6 atom stereocenters. The summed E-state index contributed by atoms with van der Waals surface area (Å²) in [5.41, 5.74) is 0.0720. The third kappa shape index (κ3) is 4.49. The molecule has 0 bridgehead atoms. The fraction of sp³-hybridized carbons (Fsp3) is 0.406. The number of aliphatic hydroxyl groups is 1. The number of halogens is 1. The summed E-state index contributed by atoms with van der Waals surface area (Å²) in [6, 6.07) is 14.9. The maximum Gasteiger partial charge on any atom is 0.253 e. The molecule has 1 spiro atoms. The first-order valence-electron chi connectivity index (χ1n) is 14.2. The first-order chi connectivity index (χ1) is 19.9. The van der Waals surface area contributed by atoms with Crippen LogP contribution in [0, 0.1) is 11.8 Å². The Morgan fingerprint density at radius 3 is 2.49 bits per heavy atom. The molecule has 41 heavy (non-hydrogen) atoms. The smallest absolute Gasteiger partial charge is 0.253 e. The average molecular weight is 576 g/mol. The van der Waals surface area contributed by atoms with E-state index in [0.717, 1.165) is 12.0 Å². The van der Waals surface area contributed by atoms with Crippen molar-refractivity contribution in [2.75, 3.05) is 31.1 Å². The van der Waals surface area contributed by atoms with Gasteiger partial charge in [-0.2, -0.15) is 0 Å². The van der Waals surface area contributed by atoms with Crippen molar-refractivity contribution < 1.29 is 24.2 Å². The molecule has 4 aliphatic rings. The summed E-state index contributed by atoms with van der Waals surface area (Å²) in [7, 11) is 0. The van der Waals surface area contributed by atoms with Gasteiger partial charge in [-0.05, 0) is 30.5 Å². The second-order valence-electron chi connectivity index (χ2n) is 11.1. The van der Waals surface area contributed by atoms with Gasteiger partial charge in [-0.25, -0.2) is 0 Å². The van der Waals surface area contributed by atoms with E-state index < -0.39 is 35.6 Å². The summed E-state index contributed by atoms with van der Waals surface area (Å²) >= 11 is 6.54. The number of fused-ring (bicyclic) bond motifs is 2. The number of hydrogen-bond donors (Lipinski definition) is 1. The molecule has 0 saturated carbocycles. The van der Waals surface area contributed by atoms with Gasteiger partial charge < -0.3 is 24.5 Å². The predicted octanol–water partition coefficient (Wildman–Crippen LogP) is 3.24. The Labute approximate surface area is 244 Å².